The third-order valence-corrected chi connectivity index (χ3v) is 4.69. The number of ether oxygens (including phenoxy) is 1. The molecule has 2 N–H and O–H groups in total. The summed E-state index contributed by atoms with van der Waals surface area (Å²) in [5, 5.41) is 12.2. The molecule has 1 saturated carbocycles. The molecule has 5 nitrogen and oxygen atoms in total. The predicted molar refractivity (Wildman–Crippen MR) is 93.6 cm³/mol. The van der Waals surface area contributed by atoms with Crippen LogP contribution in [0, 0.1) is 0 Å². The number of carbonyl (C=O) groups is 2. The summed E-state index contributed by atoms with van der Waals surface area (Å²) in [7, 11) is 1.57. The van der Waals surface area contributed by atoms with Gasteiger partial charge in [-0.2, -0.15) is 0 Å². The van der Waals surface area contributed by atoms with Gasteiger partial charge in [-0.3, -0.25) is 4.79 Å². The van der Waals surface area contributed by atoms with Crippen LogP contribution < -0.4 is 10.1 Å². The van der Waals surface area contributed by atoms with Gasteiger partial charge in [-0.25, -0.2) is 4.79 Å². The topological polar surface area (TPSA) is 75.6 Å². The standard InChI is InChI=1S/C20H21NO4/c1-25-17-10-6-5-9-15(17)20(11-12-20)19(24)21-16(18(22)23)13-14-7-3-2-4-8-14/h2-10,16H,11-13H2,1H3,(H,21,24)(H,22,23)/t16-/m1/s1. The summed E-state index contributed by atoms with van der Waals surface area (Å²) in [5.41, 5.74) is 1.01. The molecule has 0 spiro atoms. The fourth-order valence-corrected chi connectivity index (χ4v) is 3.13. The zero-order valence-electron chi connectivity index (χ0n) is 14.1. The van der Waals surface area contributed by atoms with E-state index in [1.54, 1.807) is 7.11 Å². The first-order chi connectivity index (χ1) is 12.1. The largest absolute Gasteiger partial charge is 0.496 e. The molecule has 2 aromatic carbocycles. The minimum Gasteiger partial charge on any atom is -0.496 e. The highest BCUT2D eigenvalue weighted by atomic mass is 16.5. The molecule has 1 fully saturated rings. The molecule has 1 aliphatic rings. The van der Waals surface area contributed by atoms with Crippen LogP contribution in [0.25, 0.3) is 0 Å². The minimum atomic E-state index is -1.03. The molecule has 1 aliphatic carbocycles. The molecular weight excluding hydrogens is 318 g/mol. The smallest absolute Gasteiger partial charge is 0.326 e. The quantitative estimate of drug-likeness (QED) is 0.813. The Morgan fingerprint density at radius 1 is 1.12 bits per heavy atom. The van der Waals surface area contributed by atoms with E-state index in [4.69, 9.17) is 4.74 Å². The third kappa shape index (κ3) is 3.50. The number of rotatable bonds is 7. The van der Waals surface area contributed by atoms with Crippen molar-refractivity contribution in [2.45, 2.75) is 30.7 Å². The monoisotopic (exact) mass is 339 g/mol. The maximum absolute atomic E-state index is 12.9. The van der Waals surface area contributed by atoms with Gasteiger partial charge in [0.1, 0.15) is 11.8 Å². The molecule has 0 aliphatic heterocycles. The highest BCUT2D eigenvalue weighted by Crippen LogP contribution is 2.51. The van der Waals surface area contributed by atoms with E-state index in [0.717, 1.165) is 11.1 Å². The fraction of sp³-hybridized carbons (Fsp3) is 0.300. The van der Waals surface area contributed by atoms with Gasteiger partial charge in [-0.1, -0.05) is 48.5 Å². The number of methoxy groups -OCH3 is 1. The number of carboxylic acids is 1. The molecule has 5 heteroatoms. The van der Waals surface area contributed by atoms with Gasteiger partial charge in [0.05, 0.1) is 12.5 Å². The van der Waals surface area contributed by atoms with Crippen molar-refractivity contribution in [3.8, 4) is 5.75 Å². The summed E-state index contributed by atoms with van der Waals surface area (Å²) < 4.78 is 5.37. The summed E-state index contributed by atoms with van der Waals surface area (Å²) >= 11 is 0. The maximum Gasteiger partial charge on any atom is 0.326 e. The highest BCUT2D eigenvalue weighted by Gasteiger charge is 2.53. The molecule has 3 rings (SSSR count). The summed E-state index contributed by atoms with van der Waals surface area (Å²) in [6.07, 6.45) is 1.64. The normalized spacial score (nSPS) is 15.9. The first-order valence-electron chi connectivity index (χ1n) is 8.28. The van der Waals surface area contributed by atoms with Gasteiger partial charge in [0.25, 0.3) is 0 Å². The average Bonchev–Trinajstić information content (AvgIpc) is 3.43. The second-order valence-corrected chi connectivity index (χ2v) is 6.34. The average molecular weight is 339 g/mol. The van der Waals surface area contributed by atoms with E-state index < -0.39 is 17.4 Å². The SMILES string of the molecule is COc1ccccc1C1(C(=O)N[C@H](Cc2ccccc2)C(=O)O)CC1. The van der Waals surface area contributed by atoms with Gasteiger partial charge in [-0.15, -0.1) is 0 Å². The van der Waals surface area contributed by atoms with Crippen LogP contribution in [0.2, 0.25) is 0 Å². The van der Waals surface area contributed by atoms with Crippen LogP contribution in [0.3, 0.4) is 0 Å². The van der Waals surface area contributed by atoms with Gasteiger partial charge < -0.3 is 15.2 Å². The van der Waals surface area contributed by atoms with Crippen molar-refractivity contribution in [3.63, 3.8) is 0 Å². The number of para-hydroxylation sites is 1. The molecule has 130 valence electrons. The number of amides is 1. The van der Waals surface area contributed by atoms with Crippen LogP contribution in [0.1, 0.15) is 24.0 Å². The predicted octanol–water partition coefficient (Wildman–Crippen LogP) is 2.54. The molecule has 0 unspecified atom stereocenters. The lowest BCUT2D eigenvalue weighted by molar-refractivity contribution is -0.142. The van der Waals surface area contributed by atoms with Crippen LogP contribution >= 0.6 is 0 Å². The van der Waals surface area contributed by atoms with Crippen LogP contribution in [-0.2, 0) is 21.4 Å². The molecule has 0 heterocycles. The van der Waals surface area contributed by atoms with E-state index in [1.165, 1.54) is 0 Å². The van der Waals surface area contributed by atoms with Crippen molar-refractivity contribution >= 4 is 11.9 Å². The molecule has 0 saturated heterocycles. The Balaban J connectivity index is 1.78. The Kier molecular flexibility index (Phi) is 4.74. The Morgan fingerprint density at radius 2 is 1.76 bits per heavy atom. The van der Waals surface area contributed by atoms with Crippen LogP contribution in [0.5, 0.6) is 5.75 Å². The number of hydrogen-bond acceptors (Lipinski definition) is 3. The van der Waals surface area contributed by atoms with Crippen molar-refractivity contribution in [1.82, 2.24) is 5.32 Å². The van der Waals surface area contributed by atoms with E-state index in [9.17, 15) is 14.7 Å². The second kappa shape index (κ2) is 6.97. The Bertz CT molecular complexity index is 768. The molecule has 2 aromatic rings. The lowest BCUT2D eigenvalue weighted by atomic mass is 9.93. The maximum atomic E-state index is 12.9. The molecule has 1 amide bonds. The van der Waals surface area contributed by atoms with Gasteiger partial charge >= 0.3 is 5.97 Å². The van der Waals surface area contributed by atoms with Crippen molar-refractivity contribution in [2.75, 3.05) is 7.11 Å². The summed E-state index contributed by atoms with van der Waals surface area (Å²) in [6, 6.07) is 15.8. The van der Waals surface area contributed by atoms with Gasteiger partial charge in [-0.05, 0) is 24.5 Å². The second-order valence-electron chi connectivity index (χ2n) is 6.34. The van der Waals surface area contributed by atoms with E-state index in [2.05, 4.69) is 5.32 Å². The summed E-state index contributed by atoms with van der Waals surface area (Å²) in [6.45, 7) is 0. The zero-order valence-corrected chi connectivity index (χ0v) is 14.1. The van der Waals surface area contributed by atoms with E-state index in [-0.39, 0.29) is 12.3 Å². The molecule has 1 atom stereocenters. The Labute approximate surface area is 146 Å². The molecule has 0 bridgehead atoms. The van der Waals surface area contributed by atoms with Crippen molar-refractivity contribution in [3.05, 3.63) is 65.7 Å². The van der Waals surface area contributed by atoms with E-state index in [1.807, 2.05) is 54.6 Å². The molecule has 25 heavy (non-hydrogen) atoms. The first kappa shape index (κ1) is 17.0. The zero-order chi connectivity index (χ0) is 17.9. The Morgan fingerprint density at radius 3 is 2.36 bits per heavy atom. The van der Waals surface area contributed by atoms with E-state index >= 15 is 0 Å². The Hall–Kier alpha value is -2.82. The highest BCUT2D eigenvalue weighted by molar-refractivity contribution is 5.94. The van der Waals surface area contributed by atoms with Gasteiger partial charge in [0, 0.05) is 12.0 Å². The number of aliphatic carboxylic acids is 1. The number of nitrogens with one attached hydrogen (secondary N) is 1. The van der Waals surface area contributed by atoms with Gasteiger partial charge in [0.2, 0.25) is 5.91 Å². The third-order valence-electron chi connectivity index (χ3n) is 4.69. The number of carbonyl (C=O) groups excluding carboxylic acids is 1. The first-order valence-corrected chi connectivity index (χ1v) is 8.28. The minimum absolute atomic E-state index is 0.250. The van der Waals surface area contributed by atoms with E-state index in [0.29, 0.717) is 18.6 Å². The number of benzene rings is 2. The van der Waals surface area contributed by atoms with Crippen LogP contribution in [0.4, 0.5) is 0 Å². The molecule has 0 aromatic heterocycles. The van der Waals surface area contributed by atoms with Crippen LogP contribution in [0.15, 0.2) is 54.6 Å². The summed E-state index contributed by atoms with van der Waals surface area (Å²) in [4.78, 5) is 24.5. The molecule has 0 radical (unpaired) electrons. The number of hydrogen-bond donors (Lipinski definition) is 2. The lowest BCUT2D eigenvalue weighted by Gasteiger charge is -2.21. The van der Waals surface area contributed by atoms with Crippen molar-refractivity contribution in [2.24, 2.45) is 0 Å². The lowest BCUT2D eigenvalue weighted by Crippen LogP contribution is -2.46. The van der Waals surface area contributed by atoms with Crippen molar-refractivity contribution < 1.29 is 19.4 Å². The van der Waals surface area contributed by atoms with Gasteiger partial charge in [0.15, 0.2) is 0 Å². The molecular formula is C20H21NO4. The fourth-order valence-electron chi connectivity index (χ4n) is 3.13. The number of carboxylic acid groups (broad SMARTS) is 1. The van der Waals surface area contributed by atoms with Crippen LogP contribution in [-0.4, -0.2) is 30.1 Å². The van der Waals surface area contributed by atoms with Crippen molar-refractivity contribution in [1.29, 1.82) is 0 Å². The summed E-state index contributed by atoms with van der Waals surface area (Å²) in [5.74, 6) is -0.626.